The Bertz CT molecular complexity index is 1300. The fourth-order valence-corrected chi connectivity index (χ4v) is 5.40. The molecule has 4 heteroatoms. The van der Waals surface area contributed by atoms with Crippen LogP contribution >= 0.6 is 11.6 Å². The normalized spacial score (nSPS) is 17.4. The number of fused-ring (bicyclic) bond motifs is 10. The summed E-state index contributed by atoms with van der Waals surface area (Å²) < 4.78 is 5.34. The van der Waals surface area contributed by atoms with E-state index in [0.717, 1.165) is 23.8 Å². The first-order valence-electron chi connectivity index (χ1n) is 9.52. The van der Waals surface area contributed by atoms with Crippen LogP contribution in [-0.2, 0) is 5.41 Å². The van der Waals surface area contributed by atoms with Gasteiger partial charge < -0.3 is 9.68 Å². The second-order valence-electron chi connectivity index (χ2n) is 7.46. The third-order valence-electron chi connectivity index (χ3n) is 6.21. The predicted octanol–water partition coefficient (Wildman–Crippen LogP) is 5.59. The average Bonchev–Trinajstić information content (AvgIpc) is 3.20. The minimum Gasteiger partial charge on any atom is -0.537 e. The van der Waals surface area contributed by atoms with Crippen LogP contribution in [-0.4, -0.2) is 12.7 Å². The van der Waals surface area contributed by atoms with Crippen LogP contribution in [0.1, 0.15) is 22.3 Å². The van der Waals surface area contributed by atoms with Gasteiger partial charge in [-0.1, -0.05) is 72.3 Å². The molecule has 4 aromatic rings. The third-order valence-corrected chi connectivity index (χ3v) is 6.45. The molecule has 0 saturated carbocycles. The van der Waals surface area contributed by atoms with Crippen LogP contribution in [0.15, 0.2) is 84.9 Å². The van der Waals surface area contributed by atoms with E-state index in [1.54, 1.807) is 0 Å². The number of benzene rings is 4. The molecule has 1 unspecified atom stereocenters. The molecule has 2 aliphatic rings. The second kappa shape index (κ2) is 5.99. The van der Waals surface area contributed by atoms with Crippen molar-refractivity contribution in [3.63, 3.8) is 0 Å². The van der Waals surface area contributed by atoms with Gasteiger partial charge in [0.25, 0.3) is 0 Å². The zero-order valence-electron chi connectivity index (χ0n) is 15.4. The van der Waals surface area contributed by atoms with Crippen molar-refractivity contribution in [1.29, 1.82) is 0 Å². The van der Waals surface area contributed by atoms with Crippen LogP contribution in [0, 0.1) is 0 Å². The first-order chi connectivity index (χ1) is 14.2. The lowest BCUT2D eigenvalue weighted by Gasteiger charge is -2.30. The van der Waals surface area contributed by atoms with Crippen molar-refractivity contribution >= 4 is 19.3 Å². The Hall–Kier alpha value is -3.01. The predicted molar refractivity (Wildman–Crippen MR) is 116 cm³/mol. The summed E-state index contributed by atoms with van der Waals surface area (Å²) in [6, 6.07) is 29.3. The van der Waals surface area contributed by atoms with Crippen molar-refractivity contribution in [3.8, 4) is 28.0 Å². The Morgan fingerprint density at radius 1 is 0.655 bits per heavy atom. The van der Waals surface area contributed by atoms with Crippen LogP contribution in [0.3, 0.4) is 0 Å². The number of hydrogen-bond donors (Lipinski definition) is 1. The molecule has 0 saturated heterocycles. The van der Waals surface area contributed by atoms with E-state index in [0.29, 0.717) is 5.75 Å². The fraction of sp³-hybridized carbons (Fsp3) is 0.0400. The summed E-state index contributed by atoms with van der Waals surface area (Å²) in [5.74, 6) is 0.610. The highest BCUT2D eigenvalue weighted by Gasteiger charge is 2.51. The molecule has 1 radical (unpaired) electrons. The SMILES string of the molecule is O[B]Oc1ccc2c(c1)C1(c3ccccc3-c3cc(Cl)ccc31)c1ccccc1-2. The maximum Gasteiger partial charge on any atom is 0.569 e. The van der Waals surface area contributed by atoms with Crippen molar-refractivity contribution in [1.82, 2.24) is 0 Å². The van der Waals surface area contributed by atoms with E-state index in [1.165, 1.54) is 33.4 Å². The summed E-state index contributed by atoms with van der Waals surface area (Å²) in [5, 5.41) is 9.91. The van der Waals surface area contributed by atoms with E-state index in [1.807, 2.05) is 18.2 Å². The van der Waals surface area contributed by atoms with E-state index < -0.39 is 5.41 Å². The molecule has 1 atom stereocenters. The Morgan fingerprint density at radius 2 is 1.28 bits per heavy atom. The monoisotopic (exact) mass is 393 g/mol. The highest BCUT2D eigenvalue weighted by molar-refractivity contribution is 6.31. The first kappa shape index (κ1) is 16.9. The molecule has 0 amide bonds. The Morgan fingerprint density at radius 3 is 2.00 bits per heavy atom. The maximum atomic E-state index is 9.18. The molecule has 6 rings (SSSR count). The molecule has 0 fully saturated rings. The summed E-state index contributed by atoms with van der Waals surface area (Å²) in [5.41, 5.74) is 9.22. The van der Waals surface area contributed by atoms with Gasteiger partial charge in [0.2, 0.25) is 0 Å². The molecule has 1 N–H and O–H groups in total. The van der Waals surface area contributed by atoms with Gasteiger partial charge in [0, 0.05) is 5.02 Å². The Labute approximate surface area is 174 Å². The van der Waals surface area contributed by atoms with E-state index in [4.69, 9.17) is 16.3 Å². The molecule has 29 heavy (non-hydrogen) atoms. The van der Waals surface area contributed by atoms with Crippen LogP contribution in [0.5, 0.6) is 5.75 Å². The zero-order valence-corrected chi connectivity index (χ0v) is 16.1. The molecular formula is C25H15BClO2. The largest absolute Gasteiger partial charge is 0.569 e. The van der Waals surface area contributed by atoms with Gasteiger partial charge in [0.05, 0.1) is 5.41 Å². The van der Waals surface area contributed by atoms with Gasteiger partial charge in [-0.15, -0.1) is 0 Å². The highest BCUT2D eigenvalue weighted by atomic mass is 35.5. The summed E-state index contributed by atoms with van der Waals surface area (Å²) in [4.78, 5) is 0. The van der Waals surface area contributed by atoms with Crippen molar-refractivity contribution in [2.45, 2.75) is 5.41 Å². The van der Waals surface area contributed by atoms with Crippen LogP contribution < -0.4 is 4.65 Å². The number of hydrogen-bond acceptors (Lipinski definition) is 2. The lowest BCUT2D eigenvalue weighted by atomic mass is 9.70. The second-order valence-corrected chi connectivity index (χ2v) is 7.90. The summed E-state index contributed by atoms with van der Waals surface area (Å²) in [7, 11) is 0.729. The van der Waals surface area contributed by atoms with E-state index >= 15 is 0 Å². The average molecular weight is 394 g/mol. The molecule has 0 bridgehead atoms. The Balaban J connectivity index is 1.80. The number of halogens is 1. The van der Waals surface area contributed by atoms with Crippen LogP contribution in [0.2, 0.25) is 5.02 Å². The van der Waals surface area contributed by atoms with Crippen molar-refractivity contribution in [2.24, 2.45) is 0 Å². The molecule has 0 aliphatic heterocycles. The lowest BCUT2D eigenvalue weighted by Crippen LogP contribution is -2.25. The minimum absolute atomic E-state index is 0.433. The molecule has 2 nitrogen and oxygen atoms in total. The molecule has 0 aromatic heterocycles. The van der Waals surface area contributed by atoms with Gasteiger partial charge in [-0.2, -0.15) is 0 Å². The van der Waals surface area contributed by atoms with Gasteiger partial charge in [-0.3, -0.25) is 0 Å². The molecule has 2 aliphatic carbocycles. The molecule has 4 aromatic carbocycles. The lowest BCUT2D eigenvalue weighted by molar-refractivity contribution is 0.453. The Kier molecular flexibility index (Phi) is 3.49. The van der Waals surface area contributed by atoms with Gasteiger partial charge >= 0.3 is 7.69 Å². The summed E-state index contributed by atoms with van der Waals surface area (Å²) in [6.07, 6.45) is 0. The van der Waals surface area contributed by atoms with E-state index in [-0.39, 0.29) is 0 Å². The van der Waals surface area contributed by atoms with E-state index in [2.05, 4.69) is 66.7 Å². The standard InChI is InChI=1S/C25H15BClO2/c27-15-9-12-23-20(13-15)18-6-2-4-8-22(18)25(23)21-7-3-1-5-17(21)19-11-10-16(29-26-28)14-24(19)25/h1-14,28H. The quantitative estimate of drug-likeness (QED) is 0.389. The molecule has 137 valence electrons. The van der Waals surface area contributed by atoms with Crippen molar-refractivity contribution in [2.75, 3.05) is 0 Å². The maximum absolute atomic E-state index is 9.18. The fourth-order valence-electron chi connectivity index (χ4n) is 5.23. The highest BCUT2D eigenvalue weighted by Crippen LogP contribution is 2.63. The number of rotatable bonds is 2. The van der Waals surface area contributed by atoms with Gasteiger partial charge in [-0.05, 0) is 68.8 Å². The first-order valence-corrected chi connectivity index (χ1v) is 9.90. The minimum atomic E-state index is -0.433. The van der Waals surface area contributed by atoms with Crippen molar-refractivity contribution < 1.29 is 9.68 Å². The molecular weight excluding hydrogens is 379 g/mol. The van der Waals surface area contributed by atoms with Gasteiger partial charge in [0.1, 0.15) is 5.75 Å². The van der Waals surface area contributed by atoms with Gasteiger partial charge in [0.15, 0.2) is 0 Å². The third kappa shape index (κ3) is 2.07. The smallest absolute Gasteiger partial charge is 0.537 e. The molecule has 1 spiro atoms. The van der Waals surface area contributed by atoms with Crippen LogP contribution in [0.4, 0.5) is 0 Å². The van der Waals surface area contributed by atoms with Crippen molar-refractivity contribution in [3.05, 3.63) is 112 Å². The van der Waals surface area contributed by atoms with E-state index in [9.17, 15) is 5.02 Å². The topological polar surface area (TPSA) is 29.5 Å². The van der Waals surface area contributed by atoms with Gasteiger partial charge in [-0.25, -0.2) is 0 Å². The summed E-state index contributed by atoms with van der Waals surface area (Å²) >= 11 is 6.40. The summed E-state index contributed by atoms with van der Waals surface area (Å²) in [6.45, 7) is 0. The zero-order chi connectivity index (χ0) is 19.6. The molecule has 0 heterocycles. The van der Waals surface area contributed by atoms with Crippen LogP contribution in [0.25, 0.3) is 22.3 Å².